The van der Waals surface area contributed by atoms with Gasteiger partial charge in [-0.05, 0) is 23.3 Å². The van der Waals surface area contributed by atoms with Crippen molar-refractivity contribution in [2.45, 2.75) is 13.1 Å². The van der Waals surface area contributed by atoms with Crippen LogP contribution in [0, 0.1) is 0 Å². The topological polar surface area (TPSA) is 65.4 Å². The number of carbonyl (C=O) groups excluding carboxylic acids is 1. The molecule has 0 saturated heterocycles. The molecule has 1 amide bonds. The number of nitrogens with zero attached hydrogens (tertiary/aromatic N) is 2. The van der Waals surface area contributed by atoms with Crippen LogP contribution in [0.25, 0.3) is 0 Å². The largest absolute Gasteiger partial charge is 0.493 e. The van der Waals surface area contributed by atoms with Crippen molar-refractivity contribution >= 4 is 5.91 Å². The summed E-state index contributed by atoms with van der Waals surface area (Å²) in [7, 11) is 3.17. The van der Waals surface area contributed by atoms with E-state index in [2.05, 4.69) is 10.4 Å². The van der Waals surface area contributed by atoms with Gasteiger partial charge in [0, 0.05) is 12.7 Å². The van der Waals surface area contributed by atoms with Gasteiger partial charge in [0.05, 0.1) is 32.5 Å². The highest BCUT2D eigenvalue weighted by atomic mass is 16.5. The van der Waals surface area contributed by atoms with Crippen LogP contribution in [0.15, 0.2) is 60.9 Å². The summed E-state index contributed by atoms with van der Waals surface area (Å²) in [6, 6.07) is 15.5. The molecule has 2 aromatic carbocycles. The van der Waals surface area contributed by atoms with Crippen molar-refractivity contribution in [1.82, 2.24) is 15.1 Å². The zero-order valence-corrected chi connectivity index (χ0v) is 14.8. The summed E-state index contributed by atoms with van der Waals surface area (Å²) in [5.74, 6) is 1.12. The first-order chi connectivity index (χ1) is 12.7. The third-order valence-corrected chi connectivity index (χ3v) is 3.98. The van der Waals surface area contributed by atoms with Gasteiger partial charge in [-0.15, -0.1) is 0 Å². The molecule has 6 nitrogen and oxygen atoms in total. The number of hydrogen-bond donors (Lipinski definition) is 1. The SMILES string of the molecule is COc1ccc(CNC(=O)c2cnn(Cc3ccccc3)c2)cc1OC. The lowest BCUT2D eigenvalue weighted by Crippen LogP contribution is -2.22. The lowest BCUT2D eigenvalue weighted by molar-refractivity contribution is 0.0951. The highest BCUT2D eigenvalue weighted by molar-refractivity contribution is 5.93. The normalized spacial score (nSPS) is 10.4. The molecule has 6 heteroatoms. The first kappa shape index (κ1) is 17.5. The molecule has 0 aliphatic carbocycles. The van der Waals surface area contributed by atoms with Gasteiger partial charge in [-0.3, -0.25) is 9.48 Å². The lowest BCUT2D eigenvalue weighted by atomic mass is 10.2. The maximum atomic E-state index is 12.3. The van der Waals surface area contributed by atoms with E-state index in [0.29, 0.717) is 30.2 Å². The van der Waals surface area contributed by atoms with Gasteiger partial charge in [-0.2, -0.15) is 5.10 Å². The number of amides is 1. The molecule has 0 spiro atoms. The number of aromatic nitrogens is 2. The number of rotatable bonds is 7. The average molecular weight is 351 g/mol. The number of benzene rings is 2. The van der Waals surface area contributed by atoms with Crippen LogP contribution in [0.2, 0.25) is 0 Å². The van der Waals surface area contributed by atoms with E-state index in [1.807, 2.05) is 48.5 Å². The Morgan fingerprint density at radius 1 is 1.04 bits per heavy atom. The molecule has 0 atom stereocenters. The van der Waals surface area contributed by atoms with E-state index >= 15 is 0 Å². The molecule has 0 radical (unpaired) electrons. The van der Waals surface area contributed by atoms with Gasteiger partial charge in [0.25, 0.3) is 5.91 Å². The zero-order valence-electron chi connectivity index (χ0n) is 14.8. The molecule has 26 heavy (non-hydrogen) atoms. The number of hydrogen-bond acceptors (Lipinski definition) is 4. The molecule has 1 N–H and O–H groups in total. The number of ether oxygens (including phenoxy) is 2. The number of methoxy groups -OCH3 is 2. The van der Waals surface area contributed by atoms with Crippen LogP contribution in [0.4, 0.5) is 0 Å². The Morgan fingerprint density at radius 3 is 2.54 bits per heavy atom. The smallest absolute Gasteiger partial charge is 0.254 e. The lowest BCUT2D eigenvalue weighted by Gasteiger charge is -2.10. The first-order valence-electron chi connectivity index (χ1n) is 8.25. The molecule has 134 valence electrons. The molecule has 1 aromatic heterocycles. The number of carbonyl (C=O) groups is 1. The Morgan fingerprint density at radius 2 is 1.81 bits per heavy atom. The Bertz CT molecular complexity index is 875. The van der Waals surface area contributed by atoms with Crippen molar-refractivity contribution in [3.63, 3.8) is 0 Å². The van der Waals surface area contributed by atoms with E-state index in [0.717, 1.165) is 11.1 Å². The number of nitrogens with one attached hydrogen (secondary N) is 1. The van der Waals surface area contributed by atoms with Crippen LogP contribution >= 0.6 is 0 Å². The minimum atomic E-state index is -0.168. The van der Waals surface area contributed by atoms with Gasteiger partial charge in [0.2, 0.25) is 0 Å². The predicted octanol–water partition coefficient (Wildman–Crippen LogP) is 2.88. The molecule has 0 saturated carbocycles. The first-order valence-corrected chi connectivity index (χ1v) is 8.25. The average Bonchev–Trinajstić information content (AvgIpc) is 3.15. The minimum absolute atomic E-state index is 0.168. The maximum absolute atomic E-state index is 12.3. The van der Waals surface area contributed by atoms with E-state index in [1.54, 1.807) is 31.3 Å². The maximum Gasteiger partial charge on any atom is 0.254 e. The van der Waals surface area contributed by atoms with Crippen LogP contribution in [-0.4, -0.2) is 29.9 Å². The summed E-state index contributed by atoms with van der Waals surface area (Å²) >= 11 is 0. The van der Waals surface area contributed by atoms with Crippen molar-refractivity contribution in [3.8, 4) is 11.5 Å². The van der Waals surface area contributed by atoms with Crippen LogP contribution in [0.5, 0.6) is 11.5 Å². The minimum Gasteiger partial charge on any atom is -0.493 e. The second-order valence-electron chi connectivity index (χ2n) is 5.78. The molecule has 1 heterocycles. The van der Waals surface area contributed by atoms with Crippen LogP contribution in [0.1, 0.15) is 21.5 Å². The molecule has 0 fully saturated rings. The third kappa shape index (κ3) is 4.22. The Hall–Kier alpha value is -3.28. The molecule has 0 unspecified atom stereocenters. The van der Waals surface area contributed by atoms with Crippen molar-refractivity contribution < 1.29 is 14.3 Å². The van der Waals surface area contributed by atoms with Crippen LogP contribution in [0.3, 0.4) is 0 Å². The van der Waals surface area contributed by atoms with Gasteiger partial charge < -0.3 is 14.8 Å². The van der Waals surface area contributed by atoms with Crippen molar-refractivity contribution in [1.29, 1.82) is 0 Å². The molecule has 0 aliphatic rings. The van der Waals surface area contributed by atoms with Gasteiger partial charge in [-0.1, -0.05) is 36.4 Å². The monoisotopic (exact) mass is 351 g/mol. The Labute approximate surface area is 152 Å². The van der Waals surface area contributed by atoms with Crippen molar-refractivity contribution in [3.05, 3.63) is 77.6 Å². The van der Waals surface area contributed by atoms with Gasteiger partial charge in [0.1, 0.15) is 0 Å². The summed E-state index contributed by atoms with van der Waals surface area (Å²) in [6.07, 6.45) is 3.32. The van der Waals surface area contributed by atoms with Crippen LogP contribution in [-0.2, 0) is 13.1 Å². The quantitative estimate of drug-likeness (QED) is 0.711. The second-order valence-corrected chi connectivity index (χ2v) is 5.78. The van der Waals surface area contributed by atoms with E-state index in [1.165, 1.54) is 0 Å². The fourth-order valence-electron chi connectivity index (χ4n) is 2.61. The zero-order chi connectivity index (χ0) is 18.4. The van der Waals surface area contributed by atoms with Crippen LogP contribution < -0.4 is 14.8 Å². The van der Waals surface area contributed by atoms with E-state index in [9.17, 15) is 4.79 Å². The van der Waals surface area contributed by atoms with Crippen molar-refractivity contribution in [2.75, 3.05) is 14.2 Å². The third-order valence-electron chi connectivity index (χ3n) is 3.98. The van der Waals surface area contributed by atoms with E-state index in [4.69, 9.17) is 9.47 Å². The standard InChI is InChI=1S/C20H21N3O3/c1-25-18-9-8-16(10-19(18)26-2)11-21-20(24)17-12-22-23(14-17)13-15-6-4-3-5-7-15/h3-10,12,14H,11,13H2,1-2H3,(H,21,24). The van der Waals surface area contributed by atoms with E-state index in [-0.39, 0.29) is 5.91 Å². The molecule has 3 rings (SSSR count). The predicted molar refractivity (Wildman–Crippen MR) is 98.5 cm³/mol. The van der Waals surface area contributed by atoms with Gasteiger partial charge >= 0.3 is 0 Å². The fraction of sp³-hybridized carbons (Fsp3) is 0.200. The van der Waals surface area contributed by atoms with Gasteiger partial charge in [-0.25, -0.2) is 0 Å². The fourth-order valence-corrected chi connectivity index (χ4v) is 2.61. The molecular weight excluding hydrogens is 330 g/mol. The Kier molecular flexibility index (Phi) is 5.53. The summed E-state index contributed by atoms with van der Waals surface area (Å²) in [6.45, 7) is 1.02. The second kappa shape index (κ2) is 8.20. The molecule has 0 bridgehead atoms. The van der Waals surface area contributed by atoms with E-state index < -0.39 is 0 Å². The molecule has 3 aromatic rings. The van der Waals surface area contributed by atoms with Crippen molar-refractivity contribution in [2.24, 2.45) is 0 Å². The molecular formula is C20H21N3O3. The summed E-state index contributed by atoms with van der Waals surface area (Å²) < 4.78 is 12.2. The van der Waals surface area contributed by atoms with Gasteiger partial charge in [0.15, 0.2) is 11.5 Å². The summed E-state index contributed by atoms with van der Waals surface area (Å²) in [5, 5.41) is 7.15. The molecule has 0 aliphatic heterocycles. The summed E-state index contributed by atoms with van der Waals surface area (Å²) in [4.78, 5) is 12.3. The highest BCUT2D eigenvalue weighted by Gasteiger charge is 2.10. The summed E-state index contributed by atoms with van der Waals surface area (Å²) in [5.41, 5.74) is 2.59. The Balaban J connectivity index is 1.60. The highest BCUT2D eigenvalue weighted by Crippen LogP contribution is 2.27.